The predicted octanol–water partition coefficient (Wildman–Crippen LogP) is 2.12. The van der Waals surface area contributed by atoms with Crippen LogP contribution in [0.2, 0.25) is 0 Å². The highest BCUT2D eigenvalue weighted by Gasteiger charge is 2.02. The van der Waals surface area contributed by atoms with Crippen LogP contribution in [0.1, 0.15) is 23.6 Å². The number of rotatable bonds is 3. The Kier molecular flexibility index (Phi) is 3.32. The number of benzene rings is 1. The molecule has 0 atom stereocenters. The largest absolute Gasteiger partial charge is 0.508 e. The maximum atomic E-state index is 9.60. The summed E-state index contributed by atoms with van der Waals surface area (Å²) in [6.45, 7) is 7.78. The molecule has 2 N–H and O–H groups in total. The molecule has 0 aliphatic rings. The Morgan fingerprint density at radius 3 is 2.46 bits per heavy atom. The van der Waals surface area contributed by atoms with Crippen molar-refractivity contribution in [2.45, 2.75) is 27.3 Å². The second-order valence-corrected chi connectivity index (χ2v) is 3.35. The molecule has 13 heavy (non-hydrogen) atoms. The lowest BCUT2D eigenvalue weighted by Gasteiger charge is -2.08. The molecule has 1 aromatic rings. The minimum atomic E-state index is 0.393. The summed E-state index contributed by atoms with van der Waals surface area (Å²) in [4.78, 5) is 0. The molecule has 2 heteroatoms. The van der Waals surface area contributed by atoms with Gasteiger partial charge in [0.25, 0.3) is 0 Å². The van der Waals surface area contributed by atoms with Gasteiger partial charge in [0, 0.05) is 12.1 Å². The van der Waals surface area contributed by atoms with E-state index in [-0.39, 0.29) is 0 Å². The Morgan fingerprint density at radius 1 is 1.23 bits per heavy atom. The van der Waals surface area contributed by atoms with Gasteiger partial charge >= 0.3 is 0 Å². The van der Waals surface area contributed by atoms with Gasteiger partial charge in [0.2, 0.25) is 0 Å². The standard InChI is InChI=1S/C11H17NO/c1-4-12-7-10-5-8(2)9(3)6-11(10)13/h5-6,12-13H,4,7H2,1-3H3. The summed E-state index contributed by atoms with van der Waals surface area (Å²) in [7, 11) is 0. The predicted molar refractivity (Wildman–Crippen MR) is 55.0 cm³/mol. The van der Waals surface area contributed by atoms with Crippen molar-refractivity contribution in [2.75, 3.05) is 6.54 Å². The van der Waals surface area contributed by atoms with Crippen molar-refractivity contribution in [1.82, 2.24) is 5.32 Å². The molecule has 0 aliphatic carbocycles. The fourth-order valence-corrected chi connectivity index (χ4v) is 1.26. The summed E-state index contributed by atoms with van der Waals surface area (Å²) < 4.78 is 0. The molecule has 0 saturated carbocycles. The van der Waals surface area contributed by atoms with Crippen LogP contribution < -0.4 is 5.32 Å². The zero-order chi connectivity index (χ0) is 9.84. The van der Waals surface area contributed by atoms with Crippen LogP contribution >= 0.6 is 0 Å². The summed E-state index contributed by atoms with van der Waals surface area (Å²) in [6, 6.07) is 3.86. The Balaban J connectivity index is 2.88. The van der Waals surface area contributed by atoms with Crippen LogP contribution in [-0.4, -0.2) is 11.7 Å². The summed E-state index contributed by atoms with van der Waals surface area (Å²) >= 11 is 0. The van der Waals surface area contributed by atoms with Gasteiger partial charge in [-0.25, -0.2) is 0 Å². The van der Waals surface area contributed by atoms with Crippen LogP contribution in [0.5, 0.6) is 5.75 Å². The maximum Gasteiger partial charge on any atom is 0.120 e. The van der Waals surface area contributed by atoms with Gasteiger partial charge in [0.1, 0.15) is 5.75 Å². The second-order valence-electron chi connectivity index (χ2n) is 3.35. The quantitative estimate of drug-likeness (QED) is 0.745. The Hall–Kier alpha value is -1.02. The van der Waals surface area contributed by atoms with E-state index in [1.165, 1.54) is 5.56 Å². The zero-order valence-corrected chi connectivity index (χ0v) is 8.52. The van der Waals surface area contributed by atoms with Crippen LogP contribution in [0.25, 0.3) is 0 Å². The van der Waals surface area contributed by atoms with Crippen LogP contribution in [-0.2, 0) is 6.54 Å². The summed E-state index contributed by atoms with van der Waals surface area (Å²) in [5.74, 6) is 0.393. The van der Waals surface area contributed by atoms with Gasteiger partial charge < -0.3 is 10.4 Å². The SMILES string of the molecule is CCNCc1cc(C)c(C)cc1O. The Bertz CT molecular complexity index is 294. The molecule has 0 amide bonds. The van der Waals surface area contributed by atoms with Crippen molar-refractivity contribution in [3.8, 4) is 5.75 Å². The molecule has 0 heterocycles. The number of hydrogen-bond donors (Lipinski definition) is 2. The molecule has 72 valence electrons. The van der Waals surface area contributed by atoms with Gasteiger partial charge in [-0.15, -0.1) is 0 Å². The van der Waals surface area contributed by atoms with E-state index in [4.69, 9.17) is 0 Å². The van der Waals surface area contributed by atoms with E-state index in [0.717, 1.165) is 24.2 Å². The lowest BCUT2D eigenvalue weighted by Crippen LogP contribution is -2.12. The van der Waals surface area contributed by atoms with Crippen LogP contribution in [0.4, 0.5) is 0 Å². The Morgan fingerprint density at radius 2 is 1.85 bits per heavy atom. The van der Waals surface area contributed by atoms with Gasteiger partial charge in [-0.1, -0.05) is 13.0 Å². The number of aromatic hydroxyl groups is 1. The average Bonchev–Trinajstić information content (AvgIpc) is 2.09. The second kappa shape index (κ2) is 4.28. The first kappa shape index (κ1) is 10.1. The lowest BCUT2D eigenvalue weighted by molar-refractivity contribution is 0.464. The first-order valence-corrected chi connectivity index (χ1v) is 4.65. The van der Waals surface area contributed by atoms with Crippen LogP contribution in [0.3, 0.4) is 0 Å². The molecule has 0 saturated heterocycles. The fourth-order valence-electron chi connectivity index (χ4n) is 1.26. The molecule has 1 rings (SSSR count). The minimum absolute atomic E-state index is 0.393. The zero-order valence-electron chi connectivity index (χ0n) is 8.52. The van der Waals surface area contributed by atoms with Crippen molar-refractivity contribution in [3.63, 3.8) is 0 Å². The van der Waals surface area contributed by atoms with E-state index in [9.17, 15) is 5.11 Å². The van der Waals surface area contributed by atoms with Crippen LogP contribution in [0.15, 0.2) is 12.1 Å². The molecule has 0 radical (unpaired) electrons. The van der Waals surface area contributed by atoms with Crippen molar-refractivity contribution >= 4 is 0 Å². The van der Waals surface area contributed by atoms with Crippen molar-refractivity contribution in [3.05, 3.63) is 28.8 Å². The molecular weight excluding hydrogens is 162 g/mol. The van der Waals surface area contributed by atoms with Gasteiger partial charge in [0.15, 0.2) is 0 Å². The molecule has 0 unspecified atom stereocenters. The topological polar surface area (TPSA) is 32.3 Å². The van der Waals surface area contributed by atoms with Crippen molar-refractivity contribution in [1.29, 1.82) is 0 Å². The molecule has 0 fully saturated rings. The van der Waals surface area contributed by atoms with E-state index < -0.39 is 0 Å². The van der Waals surface area contributed by atoms with Gasteiger partial charge in [0.05, 0.1) is 0 Å². The molecule has 0 aromatic heterocycles. The third-order valence-corrected chi connectivity index (χ3v) is 2.26. The number of phenolic OH excluding ortho intramolecular Hbond substituents is 1. The molecule has 2 nitrogen and oxygen atoms in total. The van der Waals surface area contributed by atoms with Gasteiger partial charge in [-0.05, 0) is 37.6 Å². The lowest BCUT2D eigenvalue weighted by atomic mass is 10.1. The molecule has 0 aliphatic heterocycles. The van der Waals surface area contributed by atoms with Crippen molar-refractivity contribution in [2.24, 2.45) is 0 Å². The van der Waals surface area contributed by atoms with E-state index in [1.54, 1.807) is 0 Å². The number of phenols is 1. The smallest absolute Gasteiger partial charge is 0.120 e. The van der Waals surface area contributed by atoms with E-state index in [1.807, 2.05) is 19.1 Å². The first-order valence-electron chi connectivity index (χ1n) is 4.65. The third-order valence-electron chi connectivity index (χ3n) is 2.26. The minimum Gasteiger partial charge on any atom is -0.508 e. The molecule has 0 spiro atoms. The molecule has 0 bridgehead atoms. The van der Waals surface area contributed by atoms with Gasteiger partial charge in [-0.2, -0.15) is 0 Å². The normalized spacial score (nSPS) is 10.4. The molecular formula is C11H17NO. The van der Waals surface area contributed by atoms with E-state index in [0.29, 0.717) is 5.75 Å². The third kappa shape index (κ3) is 2.46. The molecule has 1 aromatic carbocycles. The fraction of sp³-hybridized carbons (Fsp3) is 0.455. The van der Waals surface area contributed by atoms with E-state index >= 15 is 0 Å². The summed E-state index contributed by atoms with van der Waals surface area (Å²) in [6.07, 6.45) is 0. The van der Waals surface area contributed by atoms with E-state index in [2.05, 4.69) is 19.2 Å². The first-order chi connectivity index (χ1) is 6.15. The average molecular weight is 179 g/mol. The number of hydrogen-bond acceptors (Lipinski definition) is 2. The highest BCUT2D eigenvalue weighted by Crippen LogP contribution is 2.21. The highest BCUT2D eigenvalue weighted by molar-refractivity contribution is 5.40. The summed E-state index contributed by atoms with van der Waals surface area (Å²) in [5.41, 5.74) is 3.34. The summed E-state index contributed by atoms with van der Waals surface area (Å²) in [5, 5.41) is 12.8. The Labute approximate surface area is 79.6 Å². The van der Waals surface area contributed by atoms with Gasteiger partial charge in [-0.3, -0.25) is 0 Å². The highest BCUT2D eigenvalue weighted by atomic mass is 16.3. The van der Waals surface area contributed by atoms with Crippen LogP contribution in [0, 0.1) is 13.8 Å². The maximum absolute atomic E-state index is 9.60. The van der Waals surface area contributed by atoms with Crippen molar-refractivity contribution < 1.29 is 5.11 Å². The number of nitrogens with one attached hydrogen (secondary N) is 1. The monoisotopic (exact) mass is 179 g/mol. The number of aryl methyl sites for hydroxylation is 2.